The molecule has 0 saturated heterocycles. The van der Waals surface area contributed by atoms with Crippen LogP contribution in [0, 0.1) is 0 Å². The molecule has 0 aliphatic rings. The van der Waals surface area contributed by atoms with Crippen LogP contribution in [0.25, 0.3) is 0 Å². The lowest BCUT2D eigenvalue weighted by Crippen LogP contribution is -1.73. The van der Waals surface area contributed by atoms with E-state index in [0.29, 0.717) is 0 Å². The molecule has 11 heavy (non-hydrogen) atoms. The number of unbranched alkanes of at least 4 members (excludes halogenated alkanes) is 4. The lowest BCUT2D eigenvalue weighted by Gasteiger charge is -1.93. The van der Waals surface area contributed by atoms with Crippen LogP contribution in [0.3, 0.4) is 0 Å². The lowest BCUT2D eigenvalue weighted by atomic mass is 10.1. The van der Waals surface area contributed by atoms with Crippen molar-refractivity contribution >= 4 is 0 Å². The first-order chi connectivity index (χ1) is 5.27. The minimum absolute atomic E-state index is 1.15. The first kappa shape index (κ1) is 10.5. The van der Waals surface area contributed by atoms with Crippen LogP contribution in [0.2, 0.25) is 0 Å². The molecule has 0 fully saturated rings. The highest BCUT2D eigenvalue weighted by Crippen LogP contribution is 2.03. The third-order valence-corrected chi connectivity index (χ3v) is 1.63. The van der Waals surface area contributed by atoms with E-state index in [1.54, 1.807) is 0 Å². The van der Waals surface area contributed by atoms with Crippen LogP contribution in [0.1, 0.15) is 46.0 Å². The van der Waals surface area contributed by atoms with Gasteiger partial charge in [-0.05, 0) is 19.8 Å². The van der Waals surface area contributed by atoms with Crippen LogP contribution in [0.15, 0.2) is 24.3 Å². The molecule has 0 bridgehead atoms. The molecule has 0 atom stereocenters. The number of allylic oxidation sites excluding steroid dienone is 3. The summed E-state index contributed by atoms with van der Waals surface area (Å²) in [6.07, 6.45) is 10.9. The van der Waals surface area contributed by atoms with Gasteiger partial charge in [0, 0.05) is 0 Å². The topological polar surface area (TPSA) is 0 Å². The van der Waals surface area contributed by atoms with Gasteiger partial charge in [-0.1, -0.05) is 50.5 Å². The largest absolute Gasteiger partial charge is 0.0961 e. The lowest BCUT2D eigenvalue weighted by molar-refractivity contribution is 0.674. The van der Waals surface area contributed by atoms with Crippen molar-refractivity contribution in [2.75, 3.05) is 0 Å². The van der Waals surface area contributed by atoms with Gasteiger partial charge >= 0.3 is 0 Å². The SMILES string of the molecule is C=C(C)/C=C\CCCCCC. The molecule has 0 radical (unpaired) electrons. The molecular formula is C11H20. The molecule has 0 heteroatoms. The molecule has 0 aliphatic heterocycles. The Hall–Kier alpha value is -0.520. The van der Waals surface area contributed by atoms with Gasteiger partial charge in [0.25, 0.3) is 0 Å². The first-order valence-corrected chi connectivity index (χ1v) is 4.59. The predicted octanol–water partition coefficient (Wildman–Crippen LogP) is 4.09. The molecule has 0 aliphatic carbocycles. The average molecular weight is 152 g/mol. The molecule has 0 saturated carbocycles. The normalized spacial score (nSPS) is 10.7. The summed E-state index contributed by atoms with van der Waals surface area (Å²) in [5.41, 5.74) is 1.15. The van der Waals surface area contributed by atoms with Gasteiger partial charge in [-0.3, -0.25) is 0 Å². The van der Waals surface area contributed by atoms with E-state index in [2.05, 4.69) is 25.7 Å². The summed E-state index contributed by atoms with van der Waals surface area (Å²) < 4.78 is 0. The summed E-state index contributed by atoms with van der Waals surface area (Å²) in [6, 6.07) is 0. The van der Waals surface area contributed by atoms with Crippen molar-refractivity contribution in [2.45, 2.75) is 46.0 Å². The third-order valence-electron chi connectivity index (χ3n) is 1.63. The Morgan fingerprint density at radius 3 is 2.55 bits per heavy atom. The fraction of sp³-hybridized carbons (Fsp3) is 0.636. The van der Waals surface area contributed by atoms with E-state index < -0.39 is 0 Å². The minimum atomic E-state index is 1.15. The van der Waals surface area contributed by atoms with Crippen LogP contribution in [0.4, 0.5) is 0 Å². The molecule has 0 spiro atoms. The molecule has 0 unspecified atom stereocenters. The van der Waals surface area contributed by atoms with Crippen molar-refractivity contribution in [2.24, 2.45) is 0 Å². The fourth-order valence-electron chi connectivity index (χ4n) is 0.973. The summed E-state index contributed by atoms with van der Waals surface area (Å²) >= 11 is 0. The van der Waals surface area contributed by atoms with E-state index in [0.717, 1.165) is 5.57 Å². The number of hydrogen-bond donors (Lipinski definition) is 0. The molecular weight excluding hydrogens is 132 g/mol. The minimum Gasteiger partial charge on any atom is -0.0961 e. The Kier molecular flexibility index (Phi) is 7.23. The Morgan fingerprint density at radius 2 is 2.00 bits per heavy atom. The highest BCUT2D eigenvalue weighted by molar-refractivity contribution is 5.10. The zero-order valence-electron chi connectivity index (χ0n) is 7.90. The standard InChI is InChI=1S/C11H20/c1-4-5-6-7-8-9-10-11(2)3/h9-10H,2,4-8H2,1,3H3/b10-9-. The van der Waals surface area contributed by atoms with E-state index in [4.69, 9.17) is 0 Å². The highest BCUT2D eigenvalue weighted by atomic mass is 13.9. The van der Waals surface area contributed by atoms with Gasteiger partial charge in [-0.15, -0.1) is 0 Å². The van der Waals surface area contributed by atoms with E-state index in [1.165, 1.54) is 32.1 Å². The second-order valence-corrected chi connectivity index (χ2v) is 3.10. The Morgan fingerprint density at radius 1 is 1.27 bits per heavy atom. The monoisotopic (exact) mass is 152 g/mol. The van der Waals surface area contributed by atoms with Gasteiger partial charge in [0.05, 0.1) is 0 Å². The molecule has 0 heterocycles. The maximum atomic E-state index is 3.80. The summed E-state index contributed by atoms with van der Waals surface area (Å²) in [4.78, 5) is 0. The molecule has 0 aromatic heterocycles. The van der Waals surface area contributed by atoms with E-state index in [1.807, 2.05) is 6.92 Å². The molecule has 0 N–H and O–H groups in total. The van der Waals surface area contributed by atoms with Gasteiger partial charge < -0.3 is 0 Å². The maximum Gasteiger partial charge on any atom is -0.0348 e. The van der Waals surface area contributed by atoms with Gasteiger partial charge in [0.15, 0.2) is 0 Å². The second kappa shape index (κ2) is 7.59. The number of rotatable bonds is 6. The van der Waals surface area contributed by atoms with Crippen LogP contribution in [-0.4, -0.2) is 0 Å². The zero-order chi connectivity index (χ0) is 8.53. The summed E-state index contributed by atoms with van der Waals surface area (Å²) in [7, 11) is 0. The van der Waals surface area contributed by atoms with Crippen LogP contribution in [0.5, 0.6) is 0 Å². The number of hydrogen-bond acceptors (Lipinski definition) is 0. The van der Waals surface area contributed by atoms with Crippen LogP contribution >= 0.6 is 0 Å². The fourth-order valence-corrected chi connectivity index (χ4v) is 0.973. The smallest absolute Gasteiger partial charge is 0.0348 e. The predicted molar refractivity (Wildman–Crippen MR) is 52.7 cm³/mol. The van der Waals surface area contributed by atoms with Gasteiger partial charge in [-0.25, -0.2) is 0 Å². The van der Waals surface area contributed by atoms with Crippen molar-refractivity contribution in [1.82, 2.24) is 0 Å². The average Bonchev–Trinajstić information content (AvgIpc) is 1.96. The van der Waals surface area contributed by atoms with E-state index in [-0.39, 0.29) is 0 Å². The van der Waals surface area contributed by atoms with Crippen LogP contribution < -0.4 is 0 Å². The molecule has 0 rings (SSSR count). The zero-order valence-corrected chi connectivity index (χ0v) is 7.90. The third kappa shape index (κ3) is 9.48. The summed E-state index contributed by atoms with van der Waals surface area (Å²) in [5, 5.41) is 0. The van der Waals surface area contributed by atoms with E-state index in [9.17, 15) is 0 Å². The van der Waals surface area contributed by atoms with Crippen LogP contribution in [-0.2, 0) is 0 Å². The van der Waals surface area contributed by atoms with Crippen molar-refractivity contribution in [3.63, 3.8) is 0 Å². The first-order valence-electron chi connectivity index (χ1n) is 4.59. The van der Waals surface area contributed by atoms with Crippen molar-refractivity contribution in [3.05, 3.63) is 24.3 Å². The summed E-state index contributed by atoms with van der Waals surface area (Å²) in [5.74, 6) is 0. The Labute approximate surface area is 71.0 Å². The maximum absolute atomic E-state index is 3.80. The highest BCUT2D eigenvalue weighted by Gasteiger charge is 1.83. The summed E-state index contributed by atoms with van der Waals surface area (Å²) in [6.45, 7) is 8.07. The van der Waals surface area contributed by atoms with Crippen molar-refractivity contribution in [3.8, 4) is 0 Å². The van der Waals surface area contributed by atoms with Crippen molar-refractivity contribution < 1.29 is 0 Å². The molecule has 64 valence electrons. The van der Waals surface area contributed by atoms with Crippen molar-refractivity contribution in [1.29, 1.82) is 0 Å². The molecule has 0 aromatic carbocycles. The second-order valence-electron chi connectivity index (χ2n) is 3.10. The van der Waals surface area contributed by atoms with Gasteiger partial charge in [0.1, 0.15) is 0 Å². The molecule has 0 aromatic rings. The molecule has 0 nitrogen and oxygen atoms in total. The van der Waals surface area contributed by atoms with E-state index >= 15 is 0 Å². The quantitative estimate of drug-likeness (QED) is 0.397. The Bertz CT molecular complexity index is 120. The Balaban J connectivity index is 3.07. The molecule has 0 amide bonds. The van der Waals surface area contributed by atoms with Gasteiger partial charge in [0.2, 0.25) is 0 Å². The van der Waals surface area contributed by atoms with Gasteiger partial charge in [-0.2, -0.15) is 0 Å².